The summed E-state index contributed by atoms with van der Waals surface area (Å²) in [5.74, 6) is 0.428. The number of hydrogen-bond donors (Lipinski definition) is 3. The number of nitrogens with two attached hydrogens (primary N) is 2. The molecule has 1 heterocycles. The molecule has 5 heteroatoms. The van der Waals surface area contributed by atoms with Crippen LogP contribution in [0.5, 0.6) is 0 Å². The van der Waals surface area contributed by atoms with Crippen LogP contribution in [0.25, 0.3) is 16.5 Å². The number of anilines is 1. The van der Waals surface area contributed by atoms with Crippen molar-refractivity contribution in [1.82, 2.24) is 5.32 Å². The molecule has 2 aromatic rings. The van der Waals surface area contributed by atoms with E-state index in [2.05, 4.69) is 5.32 Å². The van der Waals surface area contributed by atoms with E-state index in [-0.39, 0.29) is 0 Å². The molecule has 5 N–H and O–H groups in total. The predicted octanol–water partition coefficient (Wildman–Crippen LogP) is 1.63. The van der Waals surface area contributed by atoms with Gasteiger partial charge in [0.2, 0.25) is 0 Å². The van der Waals surface area contributed by atoms with Crippen LogP contribution < -0.4 is 22.4 Å². The molecule has 19 heavy (non-hydrogen) atoms. The average Bonchev–Trinajstić information content (AvgIpc) is 2.38. The number of nitrogen functional groups attached to an aromatic ring is 1. The Kier molecular flexibility index (Phi) is 3.46. The highest BCUT2D eigenvalue weighted by molar-refractivity contribution is 5.94. The van der Waals surface area contributed by atoms with Crippen LogP contribution in [0.3, 0.4) is 0 Å². The highest BCUT2D eigenvalue weighted by atomic mass is 16.4. The minimum atomic E-state index is -0.477. The molecule has 0 saturated heterocycles. The summed E-state index contributed by atoms with van der Waals surface area (Å²) in [6.07, 6.45) is 0. The SMILES string of the molecule is CCN/C(N)=C(\C)c1c(N)c2ccccc2oc1=O. The van der Waals surface area contributed by atoms with Crippen molar-refractivity contribution in [1.29, 1.82) is 0 Å². The minimum Gasteiger partial charge on any atom is -0.422 e. The van der Waals surface area contributed by atoms with E-state index in [1.807, 2.05) is 19.1 Å². The predicted molar refractivity (Wildman–Crippen MR) is 77.4 cm³/mol. The Morgan fingerprint density at radius 3 is 2.74 bits per heavy atom. The molecule has 0 unspecified atom stereocenters. The number of rotatable bonds is 3. The van der Waals surface area contributed by atoms with E-state index in [1.54, 1.807) is 19.1 Å². The standard InChI is InChI=1S/C14H17N3O2/c1-3-17-13(16)8(2)11-12(15)9-6-4-5-7-10(9)19-14(11)18/h4-7,17H,3,15-16H2,1-2H3/b13-8+. The zero-order chi connectivity index (χ0) is 14.0. The summed E-state index contributed by atoms with van der Waals surface area (Å²) in [5.41, 5.74) is 13.3. The Morgan fingerprint density at radius 1 is 1.37 bits per heavy atom. The fourth-order valence-electron chi connectivity index (χ4n) is 1.99. The van der Waals surface area contributed by atoms with Crippen molar-refractivity contribution in [2.75, 3.05) is 12.3 Å². The first kappa shape index (κ1) is 13.0. The van der Waals surface area contributed by atoms with Crippen molar-refractivity contribution < 1.29 is 4.42 Å². The van der Waals surface area contributed by atoms with Gasteiger partial charge in [-0.25, -0.2) is 4.79 Å². The molecule has 0 aliphatic heterocycles. The van der Waals surface area contributed by atoms with Crippen LogP contribution in [0.1, 0.15) is 19.4 Å². The molecule has 0 radical (unpaired) electrons. The monoisotopic (exact) mass is 259 g/mol. The topological polar surface area (TPSA) is 94.3 Å². The van der Waals surface area contributed by atoms with E-state index < -0.39 is 5.63 Å². The Balaban J connectivity index is 2.74. The fourth-order valence-corrected chi connectivity index (χ4v) is 1.99. The first-order chi connectivity index (χ1) is 9.06. The fraction of sp³-hybridized carbons (Fsp3) is 0.214. The van der Waals surface area contributed by atoms with Gasteiger partial charge in [0.15, 0.2) is 0 Å². The number of fused-ring (bicyclic) bond motifs is 1. The van der Waals surface area contributed by atoms with Crippen molar-refractivity contribution in [2.45, 2.75) is 13.8 Å². The Labute approximate surface area is 110 Å². The van der Waals surface area contributed by atoms with Gasteiger partial charge in [0, 0.05) is 17.5 Å². The van der Waals surface area contributed by atoms with Gasteiger partial charge in [-0.2, -0.15) is 0 Å². The molecule has 0 spiro atoms. The van der Waals surface area contributed by atoms with Crippen molar-refractivity contribution >= 4 is 22.2 Å². The van der Waals surface area contributed by atoms with Gasteiger partial charge in [-0.15, -0.1) is 0 Å². The largest absolute Gasteiger partial charge is 0.422 e. The minimum absolute atomic E-state index is 0.317. The Hall–Kier alpha value is -2.43. The lowest BCUT2D eigenvalue weighted by Crippen LogP contribution is -2.23. The lowest BCUT2D eigenvalue weighted by Gasteiger charge is -2.11. The molecule has 2 rings (SSSR count). The van der Waals surface area contributed by atoms with Crippen LogP contribution in [0, 0.1) is 0 Å². The molecule has 5 nitrogen and oxygen atoms in total. The Morgan fingerprint density at radius 2 is 2.05 bits per heavy atom. The van der Waals surface area contributed by atoms with Gasteiger partial charge in [-0.1, -0.05) is 12.1 Å². The molecule has 0 fully saturated rings. The van der Waals surface area contributed by atoms with Crippen molar-refractivity contribution in [3.8, 4) is 0 Å². The average molecular weight is 259 g/mol. The van der Waals surface area contributed by atoms with E-state index in [4.69, 9.17) is 15.9 Å². The molecular weight excluding hydrogens is 242 g/mol. The highest BCUT2D eigenvalue weighted by Gasteiger charge is 2.15. The first-order valence-corrected chi connectivity index (χ1v) is 6.08. The molecule has 0 amide bonds. The molecule has 0 bridgehead atoms. The molecule has 1 aromatic heterocycles. The zero-order valence-corrected chi connectivity index (χ0v) is 11.0. The third kappa shape index (κ3) is 2.27. The normalized spacial score (nSPS) is 12.3. The van der Waals surface area contributed by atoms with Crippen LogP contribution in [0.15, 0.2) is 39.3 Å². The summed E-state index contributed by atoms with van der Waals surface area (Å²) >= 11 is 0. The van der Waals surface area contributed by atoms with Gasteiger partial charge in [-0.05, 0) is 26.0 Å². The quantitative estimate of drug-likeness (QED) is 0.728. The van der Waals surface area contributed by atoms with E-state index in [0.717, 1.165) is 0 Å². The summed E-state index contributed by atoms with van der Waals surface area (Å²) in [6.45, 7) is 4.34. The maximum absolute atomic E-state index is 12.0. The van der Waals surface area contributed by atoms with Crippen LogP contribution >= 0.6 is 0 Å². The second-order valence-corrected chi connectivity index (χ2v) is 4.24. The number of nitrogens with one attached hydrogen (secondary N) is 1. The van der Waals surface area contributed by atoms with Gasteiger partial charge in [0.25, 0.3) is 0 Å². The molecule has 0 aliphatic rings. The van der Waals surface area contributed by atoms with Gasteiger partial charge in [-0.3, -0.25) is 0 Å². The first-order valence-electron chi connectivity index (χ1n) is 6.08. The molecule has 1 aromatic carbocycles. The van der Waals surface area contributed by atoms with Crippen LogP contribution in [-0.4, -0.2) is 6.54 Å². The summed E-state index contributed by atoms with van der Waals surface area (Å²) in [4.78, 5) is 12.0. The lowest BCUT2D eigenvalue weighted by atomic mass is 10.0. The molecule has 100 valence electrons. The third-order valence-corrected chi connectivity index (χ3v) is 3.00. The van der Waals surface area contributed by atoms with Crippen LogP contribution in [0.2, 0.25) is 0 Å². The van der Waals surface area contributed by atoms with Crippen LogP contribution in [-0.2, 0) is 0 Å². The van der Waals surface area contributed by atoms with Crippen molar-refractivity contribution in [3.05, 3.63) is 46.1 Å². The highest BCUT2D eigenvalue weighted by Crippen LogP contribution is 2.26. The maximum atomic E-state index is 12.0. The smallest absolute Gasteiger partial charge is 0.346 e. The van der Waals surface area contributed by atoms with Gasteiger partial charge < -0.3 is 21.2 Å². The summed E-state index contributed by atoms with van der Waals surface area (Å²) in [7, 11) is 0. The summed E-state index contributed by atoms with van der Waals surface area (Å²) in [6, 6.07) is 7.16. The van der Waals surface area contributed by atoms with Gasteiger partial charge in [0.1, 0.15) is 5.58 Å². The lowest BCUT2D eigenvalue weighted by molar-refractivity contribution is 0.559. The maximum Gasteiger partial charge on any atom is 0.346 e. The van der Waals surface area contributed by atoms with Gasteiger partial charge >= 0.3 is 5.63 Å². The molecule has 0 saturated carbocycles. The second-order valence-electron chi connectivity index (χ2n) is 4.24. The third-order valence-electron chi connectivity index (χ3n) is 3.00. The number of hydrogen-bond acceptors (Lipinski definition) is 5. The molecular formula is C14H17N3O2. The van der Waals surface area contributed by atoms with Gasteiger partial charge in [0.05, 0.1) is 17.1 Å². The van der Waals surface area contributed by atoms with E-state index in [9.17, 15) is 4.79 Å². The summed E-state index contributed by atoms with van der Waals surface area (Å²) in [5, 5.41) is 3.68. The van der Waals surface area contributed by atoms with E-state index in [1.165, 1.54) is 0 Å². The van der Waals surface area contributed by atoms with Crippen molar-refractivity contribution in [3.63, 3.8) is 0 Å². The van der Waals surface area contributed by atoms with E-state index >= 15 is 0 Å². The molecule has 0 aliphatic carbocycles. The number of allylic oxidation sites excluding steroid dienone is 1. The van der Waals surface area contributed by atoms with Crippen LogP contribution in [0.4, 0.5) is 5.69 Å². The van der Waals surface area contributed by atoms with Crippen molar-refractivity contribution in [2.24, 2.45) is 5.73 Å². The van der Waals surface area contributed by atoms with E-state index in [0.29, 0.717) is 40.2 Å². The Bertz CT molecular complexity index is 701. The molecule has 0 atom stereocenters. The summed E-state index contributed by atoms with van der Waals surface area (Å²) < 4.78 is 5.27. The second kappa shape index (κ2) is 5.06. The number of benzene rings is 1. The number of para-hydroxylation sites is 1. The zero-order valence-electron chi connectivity index (χ0n) is 11.0.